The van der Waals surface area contributed by atoms with Gasteiger partial charge in [0.05, 0.1) is 7.11 Å². The predicted octanol–water partition coefficient (Wildman–Crippen LogP) is 1.94. The van der Waals surface area contributed by atoms with Crippen molar-refractivity contribution in [1.29, 1.82) is 0 Å². The summed E-state index contributed by atoms with van der Waals surface area (Å²) in [4.78, 5) is 22.2. The third-order valence-electron chi connectivity index (χ3n) is 1.70. The average molecular weight is 248 g/mol. The van der Waals surface area contributed by atoms with E-state index in [1.807, 2.05) is 0 Å². The molecule has 0 heterocycles. The molecule has 1 rings (SSSR count). The van der Waals surface area contributed by atoms with Gasteiger partial charge in [-0.2, -0.15) is 0 Å². The number of carbonyl (C=O) groups is 2. The number of methoxy groups -OCH3 is 1. The van der Waals surface area contributed by atoms with Gasteiger partial charge >= 0.3 is 12.3 Å². The van der Waals surface area contributed by atoms with E-state index in [1.54, 1.807) is 0 Å². The lowest BCUT2D eigenvalue weighted by atomic mass is 10.1. The van der Waals surface area contributed by atoms with Crippen LogP contribution in [0.3, 0.4) is 0 Å². The fourth-order valence-corrected chi connectivity index (χ4v) is 1.05. The van der Waals surface area contributed by atoms with Crippen molar-refractivity contribution in [2.45, 2.75) is 6.36 Å². The van der Waals surface area contributed by atoms with Crippen molar-refractivity contribution >= 4 is 11.8 Å². The van der Waals surface area contributed by atoms with E-state index >= 15 is 0 Å². The second-order valence-corrected chi connectivity index (χ2v) is 2.90. The Morgan fingerprint density at radius 3 is 2.41 bits per heavy atom. The van der Waals surface area contributed by atoms with Crippen LogP contribution in [0.25, 0.3) is 0 Å². The molecule has 0 fully saturated rings. The summed E-state index contributed by atoms with van der Waals surface area (Å²) in [6.07, 6.45) is -4.85. The van der Waals surface area contributed by atoms with Gasteiger partial charge in [-0.05, 0) is 12.1 Å². The summed E-state index contributed by atoms with van der Waals surface area (Å²) in [7, 11) is 0.996. The molecule has 0 aliphatic rings. The SMILES string of the molecule is COC(=O)C(=O)c1cccc(OC(F)(F)F)c1. The number of Topliss-reactive ketones (excluding diaryl/α,β-unsaturated/α-hetero) is 1. The summed E-state index contributed by atoms with van der Waals surface area (Å²) in [6.45, 7) is 0. The highest BCUT2D eigenvalue weighted by Crippen LogP contribution is 2.23. The Labute approximate surface area is 93.9 Å². The molecule has 0 atom stereocenters. The molecule has 0 saturated carbocycles. The topological polar surface area (TPSA) is 52.6 Å². The van der Waals surface area contributed by atoms with Gasteiger partial charge in [0.1, 0.15) is 5.75 Å². The minimum absolute atomic E-state index is 0.237. The molecule has 1 aromatic carbocycles. The number of rotatable bonds is 3. The van der Waals surface area contributed by atoms with Crippen molar-refractivity contribution in [3.8, 4) is 5.75 Å². The van der Waals surface area contributed by atoms with E-state index in [1.165, 1.54) is 6.07 Å². The van der Waals surface area contributed by atoms with Crippen molar-refractivity contribution in [2.24, 2.45) is 0 Å². The first kappa shape index (κ1) is 13.0. The van der Waals surface area contributed by atoms with E-state index < -0.39 is 23.9 Å². The van der Waals surface area contributed by atoms with E-state index in [2.05, 4.69) is 9.47 Å². The molecule has 0 spiro atoms. The summed E-state index contributed by atoms with van der Waals surface area (Å²) in [6, 6.07) is 4.17. The Hall–Kier alpha value is -2.05. The fourth-order valence-electron chi connectivity index (χ4n) is 1.05. The molecule has 0 amide bonds. The van der Waals surface area contributed by atoms with Gasteiger partial charge in [0.15, 0.2) is 0 Å². The zero-order chi connectivity index (χ0) is 13.1. The number of benzene rings is 1. The molecule has 0 radical (unpaired) electrons. The zero-order valence-electron chi connectivity index (χ0n) is 8.58. The second-order valence-electron chi connectivity index (χ2n) is 2.90. The van der Waals surface area contributed by atoms with Crippen LogP contribution in [-0.2, 0) is 9.53 Å². The van der Waals surface area contributed by atoms with Gasteiger partial charge in [-0.3, -0.25) is 4.79 Å². The van der Waals surface area contributed by atoms with E-state index in [-0.39, 0.29) is 5.56 Å². The smallest absolute Gasteiger partial charge is 0.463 e. The van der Waals surface area contributed by atoms with Crippen LogP contribution < -0.4 is 4.74 Å². The molecule has 0 N–H and O–H groups in total. The Morgan fingerprint density at radius 2 is 1.88 bits per heavy atom. The Balaban J connectivity index is 2.94. The highest BCUT2D eigenvalue weighted by atomic mass is 19.4. The zero-order valence-corrected chi connectivity index (χ0v) is 8.58. The number of ketones is 1. The average Bonchev–Trinajstić information content (AvgIpc) is 2.25. The van der Waals surface area contributed by atoms with Gasteiger partial charge in [0.2, 0.25) is 0 Å². The molecule has 0 aliphatic heterocycles. The van der Waals surface area contributed by atoms with E-state index in [0.717, 1.165) is 25.3 Å². The molecule has 4 nitrogen and oxygen atoms in total. The first-order valence-electron chi connectivity index (χ1n) is 4.32. The highest BCUT2D eigenvalue weighted by molar-refractivity contribution is 6.40. The Morgan fingerprint density at radius 1 is 1.24 bits per heavy atom. The lowest BCUT2D eigenvalue weighted by Crippen LogP contribution is -2.18. The van der Waals surface area contributed by atoms with Crippen molar-refractivity contribution in [3.05, 3.63) is 29.8 Å². The lowest BCUT2D eigenvalue weighted by Gasteiger charge is -2.09. The minimum Gasteiger partial charge on any atom is -0.463 e. The maximum Gasteiger partial charge on any atom is 0.573 e. The molecule has 1 aromatic rings. The fraction of sp³-hybridized carbons (Fsp3) is 0.200. The summed E-state index contributed by atoms with van der Waals surface area (Å²) in [5.41, 5.74) is -0.237. The van der Waals surface area contributed by atoms with Gasteiger partial charge in [-0.1, -0.05) is 12.1 Å². The normalized spacial score (nSPS) is 10.8. The number of hydrogen-bond donors (Lipinski definition) is 0. The summed E-state index contributed by atoms with van der Waals surface area (Å²) in [5, 5.41) is 0. The molecule has 0 aromatic heterocycles. The van der Waals surface area contributed by atoms with Crippen molar-refractivity contribution in [1.82, 2.24) is 0 Å². The molecule has 0 bridgehead atoms. The predicted molar refractivity (Wildman–Crippen MR) is 49.5 cm³/mol. The molecular formula is C10H7F3O4. The Bertz CT molecular complexity index is 439. The van der Waals surface area contributed by atoms with Crippen LogP contribution in [0, 0.1) is 0 Å². The molecule has 0 saturated heterocycles. The highest BCUT2D eigenvalue weighted by Gasteiger charge is 2.31. The number of esters is 1. The number of halogens is 3. The van der Waals surface area contributed by atoms with Gasteiger partial charge < -0.3 is 9.47 Å². The minimum atomic E-state index is -4.85. The van der Waals surface area contributed by atoms with E-state index in [9.17, 15) is 22.8 Å². The van der Waals surface area contributed by atoms with Crippen molar-refractivity contribution < 1.29 is 32.2 Å². The van der Waals surface area contributed by atoms with E-state index in [4.69, 9.17) is 0 Å². The third-order valence-corrected chi connectivity index (χ3v) is 1.70. The van der Waals surface area contributed by atoms with Gasteiger partial charge in [0.25, 0.3) is 5.78 Å². The second kappa shape index (κ2) is 4.86. The number of carbonyl (C=O) groups excluding carboxylic acids is 2. The third kappa shape index (κ3) is 3.78. The monoisotopic (exact) mass is 248 g/mol. The lowest BCUT2D eigenvalue weighted by molar-refractivity contribution is -0.274. The molecular weight excluding hydrogens is 241 g/mol. The number of hydrogen-bond acceptors (Lipinski definition) is 4. The molecule has 92 valence electrons. The van der Waals surface area contributed by atoms with Gasteiger partial charge in [-0.25, -0.2) is 4.79 Å². The summed E-state index contributed by atoms with van der Waals surface area (Å²) in [5.74, 6) is -2.78. The largest absolute Gasteiger partial charge is 0.573 e. The maximum absolute atomic E-state index is 11.9. The quantitative estimate of drug-likeness (QED) is 0.466. The number of ether oxygens (including phenoxy) is 2. The number of alkyl halides is 3. The van der Waals surface area contributed by atoms with Gasteiger partial charge in [-0.15, -0.1) is 13.2 Å². The maximum atomic E-state index is 11.9. The van der Waals surface area contributed by atoms with E-state index in [0.29, 0.717) is 0 Å². The van der Waals surface area contributed by atoms with Crippen LogP contribution in [0.15, 0.2) is 24.3 Å². The van der Waals surface area contributed by atoms with Crippen molar-refractivity contribution in [3.63, 3.8) is 0 Å². The molecule has 7 heteroatoms. The first-order valence-corrected chi connectivity index (χ1v) is 4.32. The Kier molecular flexibility index (Phi) is 3.72. The molecule has 17 heavy (non-hydrogen) atoms. The summed E-state index contributed by atoms with van der Waals surface area (Å²) >= 11 is 0. The van der Waals surface area contributed by atoms with Crippen LogP contribution in [-0.4, -0.2) is 25.2 Å². The standard InChI is InChI=1S/C10H7F3O4/c1-16-9(15)8(14)6-3-2-4-7(5-6)17-10(11,12)13/h2-5H,1H3. The van der Waals surface area contributed by atoms with Gasteiger partial charge in [0, 0.05) is 5.56 Å². The molecule has 0 aliphatic carbocycles. The van der Waals surface area contributed by atoms with Crippen LogP contribution in [0.2, 0.25) is 0 Å². The van der Waals surface area contributed by atoms with Crippen LogP contribution >= 0.6 is 0 Å². The van der Waals surface area contributed by atoms with Crippen LogP contribution in [0.1, 0.15) is 10.4 Å². The van der Waals surface area contributed by atoms with Crippen LogP contribution in [0.4, 0.5) is 13.2 Å². The molecule has 0 unspecified atom stereocenters. The van der Waals surface area contributed by atoms with Crippen LogP contribution in [0.5, 0.6) is 5.75 Å². The first-order chi connectivity index (χ1) is 7.83. The van der Waals surface area contributed by atoms with Crippen molar-refractivity contribution in [2.75, 3.05) is 7.11 Å². The summed E-state index contributed by atoms with van der Waals surface area (Å²) < 4.78 is 43.5.